The molecule has 0 aliphatic carbocycles. The minimum atomic E-state index is -5.75. The van der Waals surface area contributed by atoms with Crippen LogP contribution >= 0.6 is 0 Å². The molecule has 0 unspecified atom stereocenters. The van der Waals surface area contributed by atoms with Crippen molar-refractivity contribution in [2.75, 3.05) is 0 Å². The van der Waals surface area contributed by atoms with Gasteiger partial charge in [0.1, 0.15) is 0 Å². The molecule has 0 atom stereocenters. The van der Waals surface area contributed by atoms with E-state index in [1.165, 1.54) is 0 Å². The van der Waals surface area contributed by atoms with Crippen LogP contribution in [0.5, 0.6) is 0 Å². The fraction of sp³-hybridized carbons (Fsp3) is 0. The zero-order valence-corrected chi connectivity index (χ0v) is 5.00. The molecule has 0 aliphatic heterocycles. The molecule has 6 heavy (non-hydrogen) atoms. The predicted molar refractivity (Wildman–Crippen MR) is 7.13 cm³/mol. The summed E-state index contributed by atoms with van der Waals surface area (Å²) < 4.78 is 34.4. The number of hydrogen-bond donors (Lipinski definition) is 0. The van der Waals surface area contributed by atoms with Crippen molar-refractivity contribution in [1.29, 1.82) is 0 Å². The summed E-state index contributed by atoms with van der Waals surface area (Å²) >= 11 is -5.75. The van der Waals surface area contributed by atoms with Crippen LogP contribution in [0.1, 0.15) is 0 Å². The summed E-state index contributed by atoms with van der Waals surface area (Å²) in [6, 6.07) is 0. The van der Waals surface area contributed by atoms with Crippen LogP contribution in [0.4, 0.5) is 0 Å². The summed E-state index contributed by atoms with van der Waals surface area (Å²) in [6.07, 6.45) is 0. The number of hydrogen-bond acceptors (Lipinski definition) is 4. The smallest absolute Gasteiger partial charge is 0 e. The standard InChI is InChI=1S/Cu.H2O4Se/c;1-5(2,3)4/h;(H2,1,2,3,4)/p-2. The van der Waals surface area contributed by atoms with Crippen molar-refractivity contribution in [2.24, 2.45) is 0 Å². The van der Waals surface area contributed by atoms with Gasteiger partial charge in [-0.3, -0.25) is 0 Å². The topological polar surface area (TPSA) is 80.3 Å². The van der Waals surface area contributed by atoms with Crippen LogP contribution in [0.15, 0.2) is 0 Å². The van der Waals surface area contributed by atoms with Crippen molar-refractivity contribution < 1.29 is 33.1 Å². The SMILES string of the molecule is O=[Se](=O)([O-])[O-].[Cu]. The normalized spacial score (nSPS) is 9.67. The van der Waals surface area contributed by atoms with Gasteiger partial charge in [0.15, 0.2) is 0 Å². The van der Waals surface area contributed by atoms with Gasteiger partial charge in [-0.15, -0.1) is 0 Å². The zero-order valence-electron chi connectivity index (χ0n) is 2.34. The van der Waals surface area contributed by atoms with Crippen molar-refractivity contribution in [3.63, 3.8) is 0 Å². The Balaban J connectivity index is 0. The molecule has 43 valence electrons. The summed E-state index contributed by atoms with van der Waals surface area (Å²) in [5.74, 6) is 0. The molecule has 0 saturated heterocycles. The van der Waals surface area contributed by atoms with Gasteiger partial charge in [-0.05, 0) is 0 Å². The van der Waals surface area contributed by atoms with Crippen molar-refractivity contribution in [2.45, 2.75) is 0 Å². The van der Waals surface area contributed by atoms with Crippen LogP contribution in [0.2, 0.25) is 0 Å². The van der Waals surface area contributed by atoms with E-state index in [-0.39, 0.29) is 17.1 Å². The van der Waals surface area contributed by atoms with Gasteiger partial charge in [0, 0.05) is 17.1 Å². The molecule has 0 aromatic heterocycles. The van der Waals surface area contributed by atoms with Gasteiger partial charge in [0.2, 0.25) is 0 Å². The largest absolute Gasteiger partial charge is 0 e. The van der Waals surface area contributed by atoms with Crippen LogP contribution in [0.25, 0.3) is 0 Å². The molecule has 0 saturated carbocycles. The van der Waals surface area contributed by atoms with Crippen LogP contribution in [-0.4, -0.2) is 13.4 Å². The van der Waals surface area contributed by atoms with Gasteiger partial charge in [0.05, 0.1) is 0 Å². The second-order valence-corrected chi connectivity index (χ2v) is 2.12. The quantitative estimate of drug-likeness (QED) is 0.396. The summed E-state index contributed by atoms with van der Waals surface area (Å²) in [5.41, 5.74) is 0. The molecule has 0 spiro atoms. The average Bonchev–Trinajstić information content (AvgIpc) is 0.722. The van der Waals surface area contributed by atoms with Crippen LogP contribution in [0, 0.1) is 0 Å². The fourth-order valence-electron chi connectivity index (χ4n) is 0. The van der Waals surface area contributed by atoms with E-state index in [9.17, 15) is 0 Å². The maximum Gasteiger partial charge on any atom is 0 e. The molecule has 0 aromatic carbocycles. The molecule has 4 nitrogen and oxygen atoms in total. The summed E-state index contributed by atoms with van der Waals surface area (Å²) in [6.45, 7) is 0. The van der Waals surface area contributed by atoms with E-state index >= 15 is 0 Å². The van der Waals surface area contributed by atoms with Crippen molar-refractivity contribution in [3.05, 3.63) is 0 Å². The molecule has 0 N–H and O–H groups in total. The zero-order chi connectivity index (χ0) is 4.50. The van der Waals surface area contributed by atoms with Crippen molar-refractivity contribution in [1.82, 2.24) is 0 Å². The molecular formula is CuO4Se-2. The van der Waals surface area contributed by atoms with Gasteiger partial charge in [0.25, 0.3) is 0 Å². The summed E-state index contributed by atoms with van der Waals surface area (Å²) in [7, 11) is 0. The molecule has 0 aromatic rings. The molecule has 1 radical (unpaired) electrons. The third kappa shape index (κ3) is 185. The van der Waals surface area contributed by atoms with E-state index in [0.29, 0.717) is 0 Å². The van der Waals surface area contributed by atoms with Crippen molar-refractivity contribution >= 4 is 13.4 Å². The third-order valence-electron chi connectivity index (χ3n) is 0. The second kappa shape index (κ2) is 2.69. The second-order valence-electron chi connectivity index (χ2n) is 0.408. The molecule has 0 amide bonds. The molecule has 0 fully saturated rings. The molecule has 0 rings (SSSR count). The Kier molecular flexibility index (Phi) is 4.37. The first-order valence-electron chi connectivity index (χ1n) is 0.667. The van der Waals surface area contributed by atoms with Gasteiger partial charge in [-0.25, -0.2) is 0 Å². The van der Waals surface area contributed by atoms with Crippen molar-refractivity contribution in [3.8, 4) is 0 Å². The molecule has 6 heteroatoms. The van der Waals surface area contributed by atoms with E-state index in [1.54, 1.807) is 0 Å². The summed E-state index contributed by atoms with van der Waals surface area (Å²) in [5, 5.41) is 0. The fourth-order valence-corrected chi connectivity index (χ4v) is 0. The van der Waals surface area contributed by atoms with E-state index in [0.717, 1.165) is 0 Å². The Morgan fingerprint density at radius 3 is 1.17 bits per heavy atom. The predicted octanol–water partition coefficient (Wildman–Crippen LogP) is -3.00. The Morgan fingerprint density at radius 2 is 1.17 bits per heavy atom. The van der Waals surface area contributed by atoms with Gasteiger partial charge in [-0.2, -0.15) is 0 Å². The summed E-state index contributed by atoms with van der Waals surface area (Å²) in [4.78, 5) is 0. The Morgan fingerprint density at radius 1 is 1.17 bits per heavy atom. The molecule has 0 heterocycles. The van der Waals surface area contributed by atoms with Crippen LogP contribution < -0.4 is 8.38 Å². The Hall–Kier alpha value is 0.559. The molecule has 0 aliphatic rings. The van der Waals surface area contributed by atoms with E-state index in [2.05, 4.69) is 0 Å². The van der Waals surface area contributed by atoms with E-state index < -0.39 is 13.4 Å². The van der Waals surface area contributed by atoms with Crippen LogP contribution in [0.3, 0.4) is 0 Å². The van der Waals surface area contributed by atoms with Crippen LogP contribution in [-0.2, 0) is 24.7 Å². The first-order valence-corrected chi connectivity index (χ1v) is 3.46. The minimum absolute atomic E-state index is 0. The Bertz CT molecular complexity index is 90.7. The van der Waals surface area contributed by atoms with E-state index in [1.807, 2.05) is 0 Å². The first-order chi connectivity index (χ1) is 2.00. The van der Waals surface area contributed by atoms with Gasteiger partial charge < -0.3 is 0 Å². The first kappa shape index (κ1) is 9.75. The minimum Gasteiger partial charge on any atom is 0 e. The average molecular weight is 207 g/mol. The maximum absolute atomic E-state index is 8.59. The van der Waals surface area contributed by atoms with Gasteiger partial charge in [-0.1, -0.05) is 0 Å². The van der Waals surface area contributed by atoms with Gasteiger partial charge >= 0.3 is 29.4 Å². The molecular weight excluding hydrogens is 207 g/mol. The number of rotatable bonds is 0. The Labute approximate surface area is 46.9 Å². The maximum atomic E-state index is 8.59. The monoisotopic (exact) mass is 207 g/mol. The third-order valence-corrected chi connectivity index (χ3v) is 0. The molecule has 0 bridgehead atoms. The van der Waals surface area contributed by atoms with E-state index in [4.69, 9.17) is 16.0 Å².